The zero-order valence-electron chi connectivity index (χ0n) is 16.9. The third kappa shape index (κ3) is 5.41. The minimum Gasteiger partial charge on any atom is -0.497 e. The maximum atomic E-state index is 11.9. The highest BCUT2D eigenvalue weighted by Crippen LogP contribution is 2.25. The summed E-state index contributed by atoms with van der Waals surface area (Å²) in [4.78, 5) is 27.1. The molecule has 0 saturated heterocycles. The molecule has 0 unspecified atom stereocenters. The van der Waals surface area contributed by atoms with Gasteiger partial charge in [-0.15, -0.1) is 0 Å². The summed E-state index contributed by atoms with van der Waals surface area (Å²) in [7, 11) is 3.10. The first-order chi connectivity index (χ1) is 14.6. The number of benzene rings is 2. The second-order valence-electron chi connectivity index (χ2n) is 6.51. The van der Waals surface area contributed by atoms with Crippen LogP contribution in [-0.2, 0) is 20.7 Å². The fourth-order valence-electron chi connectivity index (χ4n) is 3.04. The number of ether oxygens (including phenoxy) is 3. The van der Waals surface area contributed by atoms with Crippen LogP contribution in [-0.4, -0.2) is 44.2 Å². The third-order valence-corrected chi connectivity index (χ3v) is 4.57. The van der Waals surface area contributed by atoms with E-state index in [9.17, 15) is 9.59 Å². The van der Waals surface area contributed by atoms with Gasteiger partial charge in [0.25, 0.3) is 5.91 Å². The number of fused-ring (bicyclic) bond motifs is 1. The number of para-hydroxylation sites is 1. The molecule has 0 aliphatic heterocycles. The van der Waals surface area contributed by atoms with Gasteiger partial charge in [0.05, 0.1) is 14.2 Å². The number of H-pyrrole nitrogens is 1. The van der Waals surface area contributed by atoms with Gasteiger partial charge in [-0.1, -0.05) is 18.2 Å². The number of hydrogen-bond acceptors (Lipinski definition) is 5. The molecule has 156 valence electrons. The molecule has 0 spiro atoms. The molecule has 2 aromatic carbocycles. The van der Waals surface area contributed by atoms with Gasteiger partial charge in [-0.3, -0.25) is 4.79 Å². The van der Waals surface area contributed by atoms with Crippen molar-refractivity contribution in [2.24, 2.45) is 0 Å². The lowest BCUT2D eigenvalue weighted by molar-refractivity contribution is -0.143. The highest BCUT2D eigenvalue weighted by molar-refractivity contribution is 5.89. The van der Waals surface area contributed by atoms with Crippen LogP contribution < -0.4 is 14.8 Å². The lowest BCUT2D eigenvalue weighted by atomic mass is 10.1. The quantitative estimate of drug-likeness (QED) is 0.420. The average Bonchev–Trinajstić information content (AvgIpc) is 3.19. The van der Waals surface area contributed by atoms with E-state index in [2.05, 4.69) is 10.3 Å². The predicted molar refractivity (Wildman–Crippen MR) is 115 cm³/mol. The molecule has 3 rings (SSSR count). The number of amides is 1. The second-order valence-corrected chi connectivity index (χ2v) is 6.51. The minimum absolute atomic E-state index is 0.341. The van der Waals surface area contributed by atoms with Gasteiger partial charge in [-0.05, 0) is 42.3 Å². The Morgan fingerprint density at radius 3 is 2.73 bits per heavy atom. The standard InChI is InChI=1S/C23H24N2O5/c1-28-18-8-9-21(29-2)16(13-18)7-10-23(27)30-15-22(26)24-12-11-17-14-25-20-6-4-3-5-19(17)20/h3-10,13-14,25H,11-12,15H2,1-2H3,(H,24,26)/b10-7+. The number of esters is 1. The van der Waals surface area contributed by atoms with Crippen LogP contribution in [0.2, 0.25) is 0 Å². The summed E-state index contributed by atoms with van der Waals surface area (Å²) in [6.07, 6.45) is 5.42. The zero-order chi connectivity index (χ0) is 21.3. The molecule has 3 aromatic rings. The van der Waals surface area contributed by atoms with Gasteiger partial charge in [0.15, 0.2) is 6.61 Å². The van der Waals surface area contributed by atoms with Crippen molar-refractivity contribution in [3.05, 3.63) is 65.9 Å². The van der Waals surface area contributed by atoms with Gasteiger partial charge in [0, 0.05) is 35.3 Å². The van der Waals surface area contributed by atoms with E-state index in [4.69, 9.17) is 14.2 Å². The van der Waals surface area contributed by atoms with Crippen LogP contribution >= 0.6 is 0 Å². The number of hydrogen-bond donors (Lipinski definition) is 2. The summed E-state index contributed by atoms with van der Waals surface area (Å²) < 4.78 is 15.4. The van der Waals surface area contributed by atoms with Gasteiger partial charge >= 0.3 is 5.97 Å². The van der Waals surface area contributed by atoms with Crippen LogP contribution in [0.5, 0.6) is 11.5 Å². The largest absolute Gasteiger partial charge is 0.497 e. The monoisotopic (exact) mass is 408 g/mol. The lowest BCUT2D eigenvalue weighted by Crippen LogP contribution is -2.30. The lowest BCUT2D eigenvalue weighted by Gasteiger charge is -2.07. The SMILES string of the molecule is COc1ccc(OC)c(/C=C/C(=O)OCC(=O)NCCc2c[nH]c3ccccc23)c1. The molecule has 0 aliphatic rings. The van der Waals surface area contributed by atoms with E-state index in [1.54, 1.807) is 31.4 Å². The summed E-state index contributed by atoms with van der Waals surface area (Å²) in [5.74, 6) is 0.260. The fourth-order valence-corrected chi connectivity index (χ4v) is 3.04. The topological polar surface area (TPSA) is 89.7 Å². The Morgan fingerprint density at radius 2 is 1.93 bits per heavy atom. The van der Waals surface area contributed by atoms with Crippen molar-refractivity contribution in [3.8, 4) is 11.5 Å². The summed E-state index contributed by atoms with van der Waals surface area (Å²) in [5, 5.41) is 3.89. The van der Waals surface area contributed by atoms with Crippen molar-refractivity contribution in [1.29, 1.82) is 0 Å². The van der Waals surface area contributed by atoms with E-state index in [-0.39, 0.29) is 12.5 Å². The number of aromatic nitrogens is 1. The van der Waals surface area contributed by atoms with Crippen molar-refractivity contribution in [2.45, 2.75) is 6.42 Å². The molecule has 1 heterocycles. The van der Waals surface area contributed by atoms with E-state index in [0.29, 0.717) is 30.0 Å². The number of nitrogens with one attached hydrogen (secondary N) is 2. The average molecular weight is 408 g/mol. The van der Waals surface area contributed by atoms with Crippen LogP contribution in [0.1, 0.15) is 11.1 Å². The molecule has 7 heteroatoms. The van der Waals surface area contributed by atoms with Crippen LogP contribution in [0.25, 0.3) is 17.0 Å². The molecule has 0 aliphatic carbocycles. The first kappa shape index (κ1) is 21.0. The van der Waals surface area contributed by atoms with Crippen molar-refractivity contribution < 1.29 is 23.8 Å². The molecule has 1 amide bonds. The Hall–Kier alpha value is -3.74. The van der Waals surface area contributed by atoms with Gasteiger partial charge < -0.3 is 24.5 Å². The van der Waals surface area contributed by atoms with Gasteiger partial charge in [-0.25, -0.2) is 4.79 Å². The summed E-state index contributed by atoms with van der Waals surface area (Å²) >= 11 is 0. The molecular formula is C23H24N2O5. The second kappa shape index (κ2) is 10.2. The third-order valence-electron chi connectivity index (χ3n) is 4.57. The maximum Gasteiger partial charge on any atom is 0.331 e. The van der Waals surface area contributed by atoms with Crippen LogP contribution in [0.4, 0.5) is 0 Å². The Morgan fingerprint density at radius 1 is 1.10 bits per heavy atom. The molecule has 2 N–H and O–H groups in total. The van der Waals surface area contributed by atoms with Crippen molar-refractivity contribution in [2.75, 3.05) is 27.4 Å². The van der Waals surface area contributed by atoms with Crippen LogP contribution in [0.3, 0.4) is 0 Å². The van der Waals surface area contributed by atoms with Crippen LogP contribution in [0.15, 0.2) is 54.7 Å². The van der Waals surface area contributed by atoms with Crippen molar-refractivity contribution in [3.63, 3.8) is 0 Å². The highest BCUT2D eigenvalue weighted by Gasteiger charge is 2.08. The minimum atomic E-state index is -0.619. The molecule has 1 aromatic heterocycles. The number of rotatable bonds is 9. The first-order valence-electron chi connectivity index (χ1n) is 9.49. The predicted octanol–water partition coefficient (Wildman–Crippen LogP) is 3.10. The Bertz CT molecular complexity index is 1050. The zero-order valence-corrected chi connectivity index (χ0v) is 16.9. The van der Waals surface area contributed by atoms with E-state index in [1.165, 1.54) is 13.2 Å². The number of methoxy groups -OCH3 is 2. The van der Waals surface area contributed by atoms with Crippen molar-refractivity contribution in [1.82, 2.24) is 10.3 Å². The van der Waals surface area contributed by atoms with E-state index < -0.39 is 5.97 Å². The van der Waals surface area contributed by atoms with E-state index >= 15 is 0 Å². The molecule has 0 atom stereocenters. The molecule has 30 heavy (non-hydrogen) atoms. The summed E-state index contributed by atoms with van der Waals surface area (Å²) in [6.45, 7) is 0.112. The van der Waals surface area contributed by atoms with Crippen LogP contribution in [0, 0.1) is 0 Å². The van der Waals surface area contributed by atoms with Gasteiger partial charge in [-0.2, -0.15) is 0 Å². The van der Waals surface area contributed by atoms with Gasteiger partial charge in [0.1, 0.15) is 11.5 Å². The summed E-state index contributed by atoms with van der Waals surface area (Å²) in [6, 6.07) is 13.2. The highest BCUT2D eigenvalue weighted by atomic mass is 16.5. The Kier molecular flexibility index (Phi) is 7.10. The number of carbonyl (C=O) groups excluding carboxylic acids is 2. The molecule has 0 bridgehead atoms. The molecule has 0 radical (unpaired) electrons. The molecule has 0 saturated carbocycles. The Labute approximate surface area is 174 Å². The number of aromatic amines is 1. The normalized spacial score (nSPS) is 10.9. The van der Waals surface area contributed by atoms with E-state index in [0.717, 1.165) is 16.5 Å². The van der Waals surface area contributed by atoms with E-state index in [1.807, 2.05) is 30.5 Å². The maximum absolute atomic E-state index is 11.9. The van der Waals surface area contributed by atoms with Gasteiger partial charge in [0.2, 0.25) is 0 Å². The fraction of sp³-hybridized carbons (Fsp3) is 0.217. The Balaban J connectivity index is 1.44. The molecular weight excluding hydrogens is 384 g/mol. The molecule has 7 nitrogen and oxygen atoms in total. The summed E-state index contributed by atoms with van der Waals surface area (Å²) in [5.41, 5.74) is 2.85. The first-order valence-corrected chi connectivity index (χ1v) is 9.49. The van der Waals surface area contributed by atoms with Crippen molar-refractivity contribution >= 4 is 28.9 Å². The number of carbonyl (C=O) groups is 2. The molecule has 0 fully saturated rings. The smallest absolute Gasteiger partial charge is 0.331 e.